The van der Waals surface area contributed by atoms with Gasteiger partial charge in [-0.05, 0) is 19.3 Å². The van der Waals surface area contributed by atoms with Crippen LogP contribution in [-0.2, 0) is 10.1 Å². The van der Waals surface area contributed by atoms with Gasteiger partial charge in [-0.1, -0.05) is 84.5 Å². The first-order chi connectivity index (χ1) is 10.9. The summed E-state index contributed by atoms with van der Waals surface area (Å²) < 4.78 is 33.9. The van der Waals surface area contributed by atoms with E-state index < -0.39 is 21.5 Å². The third-order valence-electron chi connectivity index (χ3n) is 4.44. The van der Waals surface area contributed by atoms with Gasteiger partial charge in [0.15, 0.2) is 0 Å². The second-order valence-electron chi connectivity index (χ2n) is 6.76. The molecule has 0 aliphatic rings. The summed E-state index contributed by atoms with van der Waals surface area (Å²) >= 11 is 0. The van der Waals surface area contributed by atoms with Gasteiger partial charge in [0.2, 0.25) is 0 Å². The number of aliphatic hydroxyl groups is 1. The van der Waals surface area contributed by atoms with Crippen LogP contribution in [0.4, 0.5) is 0 Å². The molecular formula is C18H37NaO4S. The predicted molar refractivity (Wildman–Crippen MR) is 95.5 cm³/mol. The summed E-state index contributed by atoms with van der Waals surface area (Å²) in [5.41, 5.74) is 0. The maximum Gasteiger partial charge on any atom is 1.00 e. The van der Waals surface area contributed by atoms with E-state index in [1.54, 1.807) is 0 Å². The number of unbranched alkanes of at least 4 members (excludes halogenated alkanes) is 9. The Morgan fingerprint density at radius 2 is 1.25 bits per heavy atom. The fraction of sp³-hybridized carbons (Fsp3) is 1.00. The van der Waals surface area contributed by atoms with Crippen LogP contribution < -0.4 is 29.6 Å². The normalized spacial score (nSPS) is 14.2. The van der Waals surface area contributed by atoms with Crippen LogP contribution in [0.5, 0.6) is 0 Å². The van der Waals surface area contributed by atoms with Gasteiger partial charge in [0.05, 0.1) is 21.5 Å². The molecule has 0 rings (SSSR count). The van der Waals surface area contributed by atoms with Crippen LogP contribution in [0, 0.1) is 0 Å². The molecule has 0 saturated carbocycles. The van der Waals surface area contributed by atoms with Crippen LogP contribution in [0.15, 0.2) is 0 Å². The maximum atomic E-state index is 11.3. The van der Waals surface area contributed by atoms with Crippen LogP contribution in [0.2, 0.25) is 0 Å². The molecule has 0 aromatic rings. The Morgan fingerprint density at radius 3 is 1.67 bits per heavy atom. The van der Waals surface area contributed by atoms with Gasteiger partial charge in [-0.2, -0.15) is 0 Å². The smallest absolute Gasteiger partial charge is 0.748 e. The van der Waals surface area contributed by atoms with E-state index in [0.717, 1.165) is 25.7 Å². The van der Waals surface area contributed by atoms with Crippen molar-refractivity contribution in [3.8, 4) is 0 Å². The zero-order valence-electron chi connectivity index (χ0n) is 16.1. The first-order valence-corrected chi connectivity index (χ1v) is 11.0. The van der Waals surface area contributed by atoms with Crippen LogP contribution in [0.3, 0.4) is 0 Å². The first-order valence-electron chi connectivity index (χ1n) is 9.54. The van der Waals surface area contributed by atoms with Gasteiger partial charge in [-0.25, -0.2) is 8.42 Å². The van der Waals surface area contributed by atoms with E-state index >= 15 is 0 Å². The van der Waals surface area contributed by atoms with Crippen LogP contribution in [-0.4, -0.2) is 29.4 Å². The second-order valence-corrected chi connectivity index (χ2v) is 8.42. The average Bonchev–Trinajstić information content (AvgIpc) is 2.47. The minimum atomic E-state index is -4.30. The third kappa shape index (κ3) is 16.3. The molecule has 0 fully saturated rings. The summed E-state index contributed by atoms with van der Waals surface area (Å²) in [4.78, 5) is 0. The monoisotopic (exact) mass is 372 g/mol. The molecule has 0 aromatic heterocycles. The summed E-state index contributed by atoms with van der Waals surface area (Å²) in [6.07, 6.45) is 13.0. The number of aliphatic hydroxyl groups excluding tert-OH is 1. The molecule has 140 valence electrons. The Labute approximate surface area is 172 Å². The van der Waals surface area contributed by atoms with Gasteiger partial charge in [0, 0.05) is 0 Å². The predicted octanol–water partition coefficient (Wildman–Crippen LogP) is 1.77. The Hall–Kier alpha value is 0.870. The summed E-state index contributed by atoms with van der Waals surface area (Å²) in [7, 11) is -4.30. The molecule has 2 unspecified atom stereocenters. The van der Waals surface area contributed by atoms with Crippen molar-refractivity contribution in [2.45, 2.75) is 115 Å². The van der Waals surface area contributed by atoms with E-state index in [-0.39, 0.29) is 36.0 Å². The molecule has 1 N–H and O–H groups in total. The van der Waals surface area contributed by atoms with Crippen molar-refractivity contribution in [1.29, 1.82) is 0 Å². The average molecular weight is 373 g/mol. The van der Waals surface area contributed by atoms with Crippen LogP contribution in [0.1, 0.15) is 104 Å². The van der Waals surface area contributed by atoms with Gasteiger partial charge in [-0.15, -0.1) is 0 Å². The molecule has 0 aromatic carbocycles. The fourth-order valence-electron chi connectivity index (χ4n) is 2.99. The number of hydrogen-bond acceptors (Lipinski definition) is 4. The summed E-state index contributed by atoms with van der Waals surface area (Å²) in [5.74, 6) is 0. The molecule has 4 nitrogen and oxygen atoms in total. The van der Waals surface area contributed by atoms with Gasteiger partial charge < -0.3 is 9.66 Å². The fourth-order valence-corrected chi connectivity index (χ4v) is 3.91. The largest absolute Gasteiger partial charge is 1.00 e. The quantitative estimate of drug-likeness (QED) is 0.254. The molecule has 0 spiro atoms. The molecule has 6 heteroatoms. The van der Waals surface area contributed by atoms with Crippen molar-refractivity contribution in [1.82, 2.24) is 0 Å². The molecule has 0 aliphatic carbocycles. The zero-order valence-corrected chi connectivity index (χ0v) is 19.0. The SMILES string of the molecule is CCCCCCCCCCCCC(CC(O)CCC)S(=O)(=O)[O-].[Na+]. The first kappa shape index (κ1) is 27.1. The van der Waals surface area contributed by atoms with E-state index in [0.29, 0.717) is 12.8 Å². The second kappa shape index (κ2) is 17.3. The van der Waals surface area contributed by atoms with Crippen molar-refractivity contribution in [3.63, 3.8) is 0 Å². The summed E-state index contributed by atoms with van der Waals surface area (Å²) in [6.45, 7) is 4.16. The Kier molecular flexibility index (Phi) is 19.5. The standard InChI is InChI=1S/C18H38O4S.Na/c1-3-5-6-7-8-9-10-11-12-13-15-18(23(20,21)22)16-17(19)14-4-2;/h17-19H,3-16H2,1-2H3,(H,20,21,22);/q;+1/p-1. The van der Waals surface area contributed by atoms with Crippen molar-refractivity contribution in [3.05, 3.63) is 0 Å². The number of rotatable bonds is 16. The summed E-state index contributed by atoms with van der Waals surface area (Å²) in [5, 5.41) is 8.82. The molecular weight excluding hydrogens is 335 g/mol. The van der Waals surface area contributed by atoms with E-state index in [1.807, 2.05) is 6.92 Å². The Bertz CT molecular complexity index is 360. The van der Waals surface area contributed by atoms with E-state index in [2.05, 4.69) is 6.92 Å². The molecule has 0 bridgehead atoms. The molecule has 2 atom stereocenters. The molecule has 0 heterocycles. The topological polar surface area (TPSA) is 77.4 Å². The molecule has 24 heavy (non-hydrogen) atoms. The molecule has 0 aliphatic heterocycles. The summed E-state index contributed by atoms with van der Waals surface area (Å²) in [6, 6.07) is 0. The minimum absolute atomic E-state index is 0. The van der Waals surface area contributed by atoms with Gasteiger partial charge >= 0.3 is 29.6 Å². The molecule has 0 saturated heterocycles. The van der Waals surface area contributed by atoms with E-state index in [1.165, 1.54) is 44.9 Å². The Morgan fingerprint density at radius 1 is 0.792 bits per heavy atom. The molecule has 0 radical (unpaired) electrons. The van der Waals surface area contributed by atoms with Crippen molar-refractivity contribution < 1.29 is 47.6 Å². The van der Waals surface area contributed by atoms with Crippen LogP contribution in [0.25, 0.3) is 0 Å². The van der Waals surface area contributed by atoms with Gasteiger partial charge in [0.25, 0.3) is 0 Å². The van der Waals surface area contributed by atoms with Crippen molar-refractivity contribution >= 4 is 10.1 Å². The van der Waals surface area contributed by atoms with Crippen molar-refractivity contribution in [2.24, 2.45) is 0 Å². The van der Waals surface area contributed by atoms with Crippen LogP contribution >= 0.6 is 0 Å². The minimum Gasteiger partial charge on any atom is -0.748 e. The Balaban J connectivity index is 0. The molecule has 0 amide bonds. The van der Waals surface area contributed by atoms with E-state index in [9.17, 15) is 18.1 Å². The number of hydrogen-bond donors (Lipinski definition) is 1. The maximum absolute atomic E-state index is 11.3. The zero-order chi connectivity index (χ0) is 17.6. The van der Waals surface area contributed by atoms with Gasteiger partial charge in [0.1, 0.15) is 0 Å². The third-order valence-corrected chi connectivity index (χ3v) is 5.69. The van der Waals surface area contributed by atoms with Gasteiger partial charge in [-0.3, -0.25) is 0 Å². The van der Waals surface area contributed by atoms with E-state index in [4.69, 9.17) is 0 Å². The van der Waals surface area contributed by atoms with Crippen molar-refractivity contribution in [2.75, 3.05) is 0 Å².